The minimum Gasteiger partial charge on any atom is -0.439 e. The molecule has 132 valence electrons. The standard InChI is InChI=1S/C19H22FN3O2/c20-15-5-7-17(8-6-15)25-18-9-4-13(11-22-18)12-23-19(24)14-2-1-3-16(21)10-14/h4-9,11,14,16H,1-3,10,12,21H2,(H,23,24). The third-order valence-corrected chi connectivity index (χ3v) is 4.39. The Balaban J connectivity index is 1.50. The highest BCUT2D eigenvalue weighted by Crippen LogP contribution is 2.23. The highest BCUT2D eigenvalue weighted by atomic mass is 19.1. The molecular formula is C19H22FN3O2. The van der Waals surface area contributed by atoms with Gasteiger partial charge in [-0.1, -0.05) is 12.5 Å². The van der Waals surface area contributed by atoms with Crippen molar-refractivity contribution < 1.29 is 13.9 Å². The molecule has 3 N–H and O–H groups in total. The summed E-state index contributed by atoms with van der Waals surface area (Å²) in [5, 5.41) is 2.95. The van der Waals surface area contributed by atoms with Crippen LogP contribution in [0.15, 0.2) is 42.6 Å². The summed E-state index contributed by atoms with van der Waals surface area (Å²) in [5.74, 6) is 0.688. The average Bonchev–Trinajstić information content (AvgIpc) is 2.63. The van der Waals surface area contributed by atoms with Gasteiger partial charge in [0.05, 0.1) is 0 Å². The van der Waals surface area contributed by atoms with E-state index in [0.29, 0.717) is 18.2 Å². The van der Waals surface area contributed by atoms with Crippen molar-refractivity contribution in [1.29, 1.82) is 0 Å². The topological polar surface area (TPSA) is 77.2 Å². The van der Waals surface area contributed by atoms with Crippen molar-refractivity contribution in [3.63, 3.8) is 0 Å². The molecule has 3 rings (SSSR count). The zero-order valence-electron chi connectivity index (χ0n) is 14.0. The van der Waals surface area contributed by atoms with Crippen molar-refractivity contribution in [2.75, 3.05) is 0 Å². The Morgan fingerprint density at radius 3 is 2.72 bits per heavy atom. The van der Waals surface area contributed by atoms with Gasteiger partial charge in [0, 0.05) is 30.8 Å². The van der Waals surface area contributed by atoms with Gasteiger partial charge < -0.3 is 15.8 Å². The van der Waals surface area contributed by atoms with E-state index in [1.165, 1.54) is 12.1 Å². The van der Waals surface area contributed by atoms with Crippen LogP contribution in [0, 0.1) is 11.7 Å². The minimum atomic E-state index is -0.315. The van der Waals surface area contributed by atoms with Crippen LogP contribution in [0.4, 0.5) is 4.39 Å². The summed E-state index contributed by atoms with van der Waals surface area (Å²) in [6, 6.07) is 9.45. The summed E-state index contributed by atoms with van der Waals surface area (Å²) in [4.78, 5) is 16.4. The molecule has 1 saturated carbocycles. The third-order valence-electron chi connectivity index (χ3n) is 4.39. The first kappa shape index (κ1) is 17.4. The van der Waals surface area contributed by atoms with Gasteiger partial charge >= 0.3 is 0 Å². The number of nitrogens with zero attached hydrogens (tertiary/aromatic N) is 1. The van der Waals surface area contributed by atoms with E-state index in [1.54, 1.807) is 24.4 Å². The molecule has 0 saturated heterocycles. The summed E-state index contributed by atoms with van der Waals surface area (Å²) in [7, 11) is 0. The monoisotopic (exact) mass is 343 g/mol. The second-order valence-corrected chi connectivity index (χ2v) is 6.40. The lowest BCUT2D eigenvalue weighted by molar-refractivity contribution is -0.126. The summed E-state index contributed by atoms with van der Waals surface area (Å²) in [6.07, 6.45) is 5.34. The van der Waals surface area contributed by atoms with E-state index in [0.717, 1.165) is 31.2 Å². The summed E-state index contributed by atoms with van der Waals surface area (Å²) in [6.45, 7) is 0.425. The highest BCUT2D eigenvalue weighted by molar-refractivity contribution is 5.78. The lowest BCUT2D eigenvalue weighted by Gasteiger charge is -2.25. The zero-order chi connectivity index (χ0) is 17.6. The molecule has 0 spiro atoms. The van der Waals surface area contributed by atoms with Crippen molar-refractivity contribution in [3.8, 4) is 11.6 Å². The molecule has 2 unspecified atom stereocenters. The molecule has 25 heavy (non-hydrogen) atoms. The molecule has 1 amide bonds. The van der Waals surface area contributed by atoms with Crippen LogP contribution in [0.3, 0.4) is 0 Å². The Bertz CT molecular complexity index is 704. The van der Waals surface area contributed by atoms with Gasteiger partial charge in [-0.15, -0.1) is 0 Å². The van der Waals surface area contributed by atoms with Gasteiger partial charge in [-0.25, -0.2) is 9.37 Å². The van der Waals surface area contributed by atoms with E-state index < -0.39 is 0 Å². The van der Waals surface area contributed by atoms with Gasteiger partial charge in [-0.05, 0) is 49.1 Å². The number of pyridine rings is 1. The normalized spacial score (nSPS) is 20.1. The number of rotatable bonds is 5. The van der Waals surface area contributed by atoms with E-state index in [-0.39, 0.29) is 23.7 Å². The Morgan fingerprint density at radius 2 is 2.04 bits per heavy atom. The number of ether oxygens (including phenoxy) is 1. The molecule has 0 aliphatic heterocycles. The number of amides is 1. The van der Waals surface area contributed by atoms with Gasteiger partial charge in [-0.3, -0.25) is 4.79 Å². The molecule has 5 nitrogen and oxygen atoms in total. The van der Waals surface area contributed by atoms with Crippen LogP contribution < -0.4 is 15.8 Å². The van der Waals surface area contributed by atoms with Crippen LogP contribution in [0.5, 0.6) is 11.6 Å². The lowest BCUT2D eigenvalue weighted by Crippen LogP contribution is -2.37. The van der Waals surface area contributed by atoms with Crippen LogP contribution >= 0.6 is 0 Å². The summed E-state index contributed by atoms with van der Waals surface area (Å²) in [5.41, 5.74) is 6.82. The Morgan fingerprint density at radius 1 is 1.24 bits per heavy atom. The molecule has 6 heteroatoms. The van der Waals surface area contributed by atoms with Crippen molar-refractivity contribution >= 4 is 5.91 Å². The molecular weight excluding hydrogens is 321 g/mol. The molecule has 1 aliphatic carbocycles. The average molecular weight is 343 g/mol. The largest absolute Gasteiger partial charge is 0.439 e. The van der Waals surface area contributed by atoms with Crippen LogP contribution in [-0.2, 0) is 11.3 Å². The van der Waals surface area contributed by atoms with Crippen LogP contribution in [-0.4, -0.2) is 16.9 Å². The number of halogens is 1. The molecule has 1 aliphatic rings. The smallest absolute Gasteiger partial charge is 0.223 e. The summed E-state index contributed by atoms with van der Waals surface area (Å²) >= 11 is 0. The lowest BCUT2D eigenvalue weighted by atomic mass is 9.85. The fraction of sp³-hybridized carbons (Fsp3) is 0.368. The number of carbonyl (C=O) groups excluding carboxylic acids is 1. The van der Waals surface area contributed by atoms with E-state index in [9.17, 15) is 9.18 Å². The molecule has 1 aromatic carbocycles. The minimum absolute atomic E-state index is 0.0118. The molecule has 1 heterocycles. The number of aromatic nitrogens is 1. The van der Waals surface area contributed by atoms with Crippen molar-refractivity contribution in [1.82, 2.24) is 10.3 Å². The van der Waals surface area contributed by atoms with Gasteiger partial charge in [0.1, 0.15) is 11.6 Å². The zero-order valence-corrected chi connectivity index (χ0v) is 14.0. The van der Waals surface area contributed by atoms with Gasteiger partial charge in [0.25, 0.3) is 0 Å². The maximum atomic E-state index is 12.9. The van der Waals surface area contributed by atoms with Crippen molar-refractivity contribution in [3.05, 3.63) is 54.0 Å². The molecule has 2 atom stereocenters. The van der Waals surface area contributed by atoms with Gasteiger partial charge in [-0.2, -0.15) is 0 Å². The number of hydrogen-bond acceptors (Lipinski definition) is 4. The quantitative estimate of drug-likeness (QED) is 0.874. The Labute approximate surface area is 146 Å². The van der Waals surface area contributed by atoms with E-state index >= 15 is 0 Å². The van der Waals surface area contributed by atoms with E-state index in [4.69, 9.17) is 10.5 Å². The Hall–Kier alpha value is -2.47. The van der Waals surface area contributed by atoms with Crippen LogP contribution in [0.2, 0.25) is 0 Å². The van der Waals surface area contributed by atoms with E-state index in [1.807, 2.05) is 6.07 Å². The number of nitrogens with one attached hydrogen (secondary N) is 1. The van der Waals surface area contributed by atoms with Crippen LogP contribution in [0.1, 0.15) is 31.2 Å². The molecule has 0 radical (unpaired) electrons. The molecule has 1 fully saturated rings. The number of nitrogens with two attached hydrogens (primary N) is 1. The SMILES string of the molecule is NC1CCCC(C(=O)NCc2ccc(Oc3ccc(F)cc3)nc2)C1. The fourth-order valence-corrected chi connectivity index (χ4v) is 3.00. The van der Waals surface area contributed by atoms with Crippen molar-refractivity contribution in [2.45, 2.75) is 38.3 Å². The van der Waals surface area contributed by atoms with Gasteiger partial charge in [0.2, 0.25) is 11.8 Å². The predicted octanol–water partition coefficient (Wildman–Crippen LogP) is 3.15. The van der Waals surface area contributed by atoms with Crippen LogP contribution in [0.25, 0.3) is 0 Å². The second-order valence-electron chi connectivity index (χ2n) is 6.40. The maximum Gasteiger partial charge on any atom is 0.223 e. The number of hydrogen-bond donors (Lipinski definition) is 2. The first-order valence-electron chi connectivity index (χ1n) is 8.52. The van der Waals surface area contributed by atoms with E-state index in [2.05, 4.69) is 10.3 Å². The third kappa shape index (κ3) is 5.00. The first-order chi connectivity index (χ1) is 12.1. The molecule has 0 bridgehead atoms. The maximum absolute atomic E-state index is 12.9. The molecule has 2 aromatic rings. The number of benzene rings is 1. The second kappa shape index (κ2) is 8.07. The Kier molecular flexibility index (Phi) is 5.60. The number of carbonyl (C=O) groups is 1. The predicted molar refractivity (Wildman–Crippen MR) is 92.5 cm³/mol. The van der Waals surface area contributed by atoms with Crippen molar-refractivity contribution in [2.24, 2.45) is 11.7 Å². The van der Waals surface area contributed by atoms with Gasteiger partial charge in [0.15, 0.2) is 0 Å². The highest BCUT2D eigenvalue weighted by Gasteiger charge is 2.24. The summed E-state index contributed by atoms with van der Waals surface area (Å²) < 4.78 is 18.4. The fourth-order valence-electron chi connectivity index (χ4n) is 3.00. The first-order valence-corrected chi connectivity index (χ1v) is 8.52. The molecule has 1 aromatic heterocycles.